The van der Waals surface area contributed by atoms with Gasteiger partial charge < -0.3 is 5.11 Å². The Bertz CT molecular complexity index is 2440. The summed E-state index contributed by atoms with van der Waals surface area (Å²) in [7, 11) is 0. The van der Waals surface area contributed by atoms with E-state index in [9.17, 15) is 41.0 Å². The topological polar surface area (TPSA) is 90.0 Å². The first-order valence-electron chi connectivity index (χ1n) is 18.8. The fraction of sp³-hybridized carbons (Fsp3) is 0.273. The molecule has 2 aromatic heterocycles. The quantitative estimate of drug-likeness (QED) is 0.0943. The molecule has 0 saturated carbocycles. The van der Waals surface area contributed by atoms with E-state index in [-0.39, 0.29) is 46.2 Å². The number of rotatable bonds is 8. The number of nitrogens with zero attached hydrogens (tertiary/aromatic N) is 4. The monoisotopic (exact) mass is 784 g/mol. The SMILES string of the molecule is O=C(O)c1nn(-c2ccc(F)cc2F)c2c1CCCCC2Cc1cccc(F)c1.O=Cc1nn(-c2ccc(F)cc2F)c2c1CCCCC2Cc1cccc(F)c1. The fourth-order valence-electron chi connectivity index (χ4n) is 8.18. The number of aldehydes is 1. The number of benzene rings is 4. The summed E-state index contributed by atoms with van der Waals surface area (Å²) in [6.07, 6.45) is 7.92. The van der Waals surface area contributed by atoms with E-state index in [1.807, 2.05) is 12.1 Å². The Labute approximate surface area is 324 Å². The Morgan fingerprint density at radius 3 is 1.58 bits per heavy atom. The minimum Gasteiger partial charge on any atom is -0.476 e. The predicted molar refractivity (Wildman–Crippen MR) is 200 cm³/mol. The second kappa shape index (κ2) is 17.0. The molecule has 2 unspecified atom stereocenters. The van der Waals surface area contributed by atoms with Gasteiger partial charge in [-0.25, -0.2) is 40.5 Å². The molecule has 0 aliphatic heterocycles. The summed E-state index contributed by atoms with van der Waals surface area (Å²) >= 11 is 0. The van der Waals surface area contributed by atoms with Crippen molar-refractivity contribution in [2.24, 2.45) is 0 Å². The van der Waals surface area contributed by atoms with Gasteiger partial charge >= 0.3 is 5.97 Å². The Morgan fingerprint density at radius 2 is 1.11 bits per heavy atom. The minimum atomic E-state index is -1.19. The lowest BCUT2D eigenvalue weighted by molar-refractivity contribution is 0.0688. The molecule has 6 aromatic rings. The molecule has 8 rings (SSSR count). The highest BCUT2D eigenvalue weighted by atomic mass is 19.2. The number of fused-ring (bicyclic) bond motifs is 2. The van der Waals surface area contributed by atoms with Crippen molar-refractivity contribution in [3.05, 3.63) is 165 Å². The molecule has 7 nitrogen and oxygen atoms in total. The van der Waals surface area contributed by atoms with E-state index in [0.29, 0.717) is 43.2 Å². The van der Waals surface area contributed by atoms with Gasteiger partial charge in [-0.2, -0.15) is 10.2 Å². The van der Waals surface area contributed by atoms with Gasteiger partial charge in [0.05, 0.1) is 11.4 Å². The number of hydrogen-bond donors (Lipinski definition) is 1. The number of aromatic nitrogens is 4. The van der Waals surface area contributed by atoms with Gasteiger partial charge in [-0.15, -0.1) is 0 Å². The van der Waals surface area contributed by atoms with Gasteiger partial charge in [-0.3, -0.25) is 4.79 Å². The molecule has 2 aliphatic rings. The van der Waals surface area contributed by atoms with Crippen LogP contribution in [0.1, 0.15) is 105 Å². The van der Waals surface area contributed by atoms with Gasteiger partial charge in [0.15, 0.2) is 23.6 Å². The number of carbonyl (C=O) groups excluding carboxylic acids is 1. The van der Waals surface area contributed by atoms with Crippen LogP contribution in [0.25, 0.3) is 11.4 Å². The van der Waals surface area contributed by atoms with E-state index < -0.39 is 29.2 Å². The van der Waals surface area contributed by atoms with E-state index in [1.165, 1.54) is 51.8 Å². The molecule has 0 bridgehead atoms. The Hall–Kier alpha value is -5.98. The average Bonchev–Trinajstić information content (AvgIpc) is 3.57. The van der Waals surface area contributed by atoms with Crippen molar-refractivity contribution in [3.63, 3.8) is 0 Å². The van der Waals surface area contributed by atoms with Crippen LogP contribution in [0.15, 0.2) is 84.9 Å². The van der Waals surface area contributed by atoms with Crippen LogP contribution in [0.3, 0.4) is 0 Å². The molecule has 1 N–H and O–H groups in total. The lowest BCUT2D eigenvalue weighted by atomic mass is 9.91. The van der Waals surface area contributed by atoms with Crippen molar-refractivity contribution >= 4 is 12.3 Å². The van der Waals surface area contributed by atoms with Crippen molar-refractivity contribution < 1.29 is 41.0 Å². The summed E-state index contributed by atoms with van der Waals surface area (Å²) in [6.45, 7) is 0. The second-order valence-corrected chi connectivity index (χ2v) is 14.5. The zero-order valence-corrected chi connectivity index (χ0v) is 30.7. The van der Waals surface area contributed by atoms with Gasteiger partial charge in [0, 0.05) is 35.1 Å². The molecule has 0 saturated heterocycles. The number of carboxylic acid groups (broad SMARTS) is 1. The highest BCUT2D eigenvalue weighted by Crippen LogP contribution is 2.38. The number of carboxylic acids is 1. The van der Waals surface area contributed by atoms with Crippen LogP contribution >= 0.6 is 0 Å². The molecule has 4 aromatic carbocycles. The molecule has 0 amide bonds. The first-order chi connectivity index (χ1) is 27.5. The van der Waals surface area contributed by atoms with E-state index in [2.05, 4.69) is 10.2 Å². The van der Waals surface area contributed by atoms with Crippen LogP contribution in [0, 0.1) is 34.9 Å². The van der Waals surface area contributed by atoms with E-state index in [4.69, 9.17) is 0 Å². The molecule has 294 valence electrons. The first kappa shape index (κ1) is 39.3. The molecule has 0 radical (unpaired) electrons. The van der Waals surface area contributed by atoms with Gasteiger partial charge in [0.2, 0.25) is 0 Å². The molecular weight excluding hydrogens is 746 g/mol. The van der Waals surface area contributed by atoms with Crippen molar-refractivity contribution in [1.82, 2.24) is 19.6 Å². The highest BCUT2D eigenvalue weighted by Gasteiger charge is 2.32. The van der Waals surface area contributed by atoms with Crippen LogP contribution in [-0.2, 0) is 25.7 Å². The zero-order chi connectivity index (χ0) is 40.2. The van der Waals surface area contributed by atoms with Gasteiger partial charge in [0.1, 0.15) is 40.3 Å². The maximum absolute atomic E-state index is 14.5. The molecule has 2 atom stereocenters. The van der Waals surface area contributed by atoms with Crippen LogP contribution < -0.4 is 0 Å². The third-order valence-corrected chi connectivity index (χ3v) is 10.6. The summed E-state index contributed by atoms with van der Waals surface area (Å²) in [4.78, 5) is 23.4. The van der Waals surface area contributed by atoms with Crippen molar-refractivity contribution in [3.8, 4) is 11.4 Å². The summed E-state index contributed by atoms with van der Waals surface area (Å²) in [5.41, 5.74) is 4.62. The lowest BCUT2D eigenvalue weighted by Crippen LogP contribution is -2.12. The number of halogens is 6. The Balaban J connectivity index is 0.000000174. The van der Waals surface area contributed by atoms with Crippen LogP contribution in [0.5, 0.6) is 0 Å². The third-order valence-electron chi connectivity index (χ3n) is 10.6. The zero-order valence-electron chi connectivity index (χ0n) is 30.7. The molecular formula is C44H38F6N4O3. The van der Waals surface area contributed by atoms with Crippen molar-refractivity contribution in [2.45, 2.75) is 76.0 Å². The van der Waals surface area contributed by atoms with Crippen molar-refractivity contribution in [2.75, 3.05) is 0 Å². The number of hydrogen-bond acceptors (Lipinski definition) is 4. The highest BCUT2D eigenvalue weighted by molar-refractivity contribution is 5.87. The standard InChI is InChI=1S/C22H19F3N2O2.C22H19F3N2O/c23-15-6-3-4-13(11-15)10-14-5-1-2-7-17-20(22(28)29)26-27(21(14)17)19-9-8-16(24)12-18(19)25;23-16-6-3-4-14(11-16)10-15-5-1-2-7-18-20(13-28)26-27(22(15)18)21-9-8-17(24)12-19(21)25/h3-4,6,8-9,11-12,14H,1-2,5,7,10H2,(H,28,29);3-4,6,8-9,11-13,15H,1-2,5,7,10H2. The predicted octanol–water partition coefficient (Wildman–Crippen LogP) is 10.2. The minimum absolute atomic E-state index is 0.00120. The molecule has 2 heterocycles. The van der Waals surface area contributed by atoms with Crippen LogP contribution in [-0.4, -0.2) is 36.9 Å². The first-order valence-corrected chi connectivity index (χ1v) is 18.8. The van der Waals surface area contributed by atoms with Gasteiger partial charge in [0.25, 0.3) is 0 Å². The molecule has 2 aliphatic carbocycles. The summed E-state index contributed by atoms with van der Waals surface area (Å²) in [6, 6.07) is 19.1. The summed E-state index contributed by atoms with van der Waals surface area (Å²) < 4.78 is 85.8. The Kier molecular flexibility index (Phi) is 11.7. The van der Waals surface area contributed by atoms with Crippen molar-refractivity contribution in [1.29, 1.82) is 0 Å². The summed E-state index contributed by atoms with van der Waals surface area (Å²) in [5.74, 6) is -5.01. The summed E-state index contributed by atoms with van der Waals surface area (Å²) in [5, 5.41) is 18.2. The average molecular weight is 785 g/mol. The normalized spacial score (nSPS) is 16.4. The van der Waals surface area contributed by atoms with Crippen LogP contribution in [0.2, 0.25) is 0 Å². The maximum Gasteiger partial charge on any atom is 0.356 e. The smallest absolute Gasteiger partial charge is 0.356 e. The molecule has 0 spiro atoms. The van der Waals surface area contributed by atoms with E-state index in [1.54, 1.807) is 12.1 Å². The molecule has 0 fully saturated rings. The van der Waals surface area contributed by atoms with Crippen LogP contribution in [0.4, 0.5) is 26.3 Å². The largest absolute Gasteiger partial charge is 0.476 e. The molecule has 13 heteroatoms. The van der Waals surface area contributed by atoms with E-state index >= 15 is 0 Å². The number of carbonyl (C=O) groups is 2. The fourth-order valence-corrected chi connectivity index (χ4v) is 8.18. The molecule has 57 heavy (non-hydrogen) atoms. The van der Waals surface area contributed by atoms with Gasteiger partial charge in [-0.05, 0) is 111 Å². The second-order valence-electron chi connectivity index (χ2n) is 14.5. The Morgan fingerprint density at radius 1 is 0.632 bits per heavy atom. The van der Waals surface area contributed by atoms with E-state index in [0.717, 1.165) is 79.1 Å². The maximum atomic E-state index is 14.5. The lowest BCUT2D eigenvalue weighted by Gasteiger charge is -2.19. The van der Waals surface area contributed by atoms with Gasteiger partial charge in [-0.1, -0.05) is 37.1 Å². The number of aromatic carboxylic acids is 1. The third kappa shape index (κ3) is 8.57.